The first kappa shape index (κ1) is 22.6. The SMILES string of the molecule is COc1ccc(N2CCCN(Cn3nc(COc4ccccc4Cl)n(C)c3=S)CC2)cc1. The summed E-state index contributed by atoms with van der Waals surface area (Å²) in [5.41, 5.74) is 1.22. The number of hydrogen-bond acceptors (Lipinski definition) is 6. The van der Waals surface area contributed by atoms with Gasteiger partial charge in [-0.25, -0.2) is 4.68 Å². The Morgan fingerprint density at radius 1 is 1.03 bits per heavy atom. The maximum atomic E-state index is 6.19. The highest BCUT2D eigenvalue weighted by molar-refractivity contribution is 7.71. The van der Waals surface area contributed by atoms with Crippen molar-refractivity contribution in [1.29, 1.82) is 0 Å². The maximum Gasteiger partial charge on any atom is 0.198 e. The zero-order valence-electron chi connectivity index (χ0n) is 18.4. The van der Waals surface area contributed by atoms with Gasteiger partial charge in [-0.05, 0) is 55.0 Å². The van der Waals surface area contributed by atoms with Crippen LogP contribution in [0.2, 0.25) is 5.02 Å². The third-order valence-corrected chi connectivity index (χ3v) is 6.48. The fraction of sp³-hybridized carbons (Fsp3) is 0.391. The van der Waals surface area contributed by atoms with Gasteiger partial charge in [0, 0.05) is 38.9 Å². The van der Waals surface area contributed by atoms with Crippen molar-refractivity contribution in [2.45, 2.75) is 19.7 Å². The number of rotatable bonds is 7. The van der Waals surface area contributed by atoms with Gasteiger partial charge >= 0.3 is 0 Å². The third kappa shape index (κ3) is 5.26. The van der Waals surface area contributed by atoms with Crippen LogP contribution in [0.5, 0.6) is 11.5 Å². The average Bonchev–Trinajstić information content (AvgIpc) is 2.97. The Morgan fingerprint density at radius 3 is 2.56 bits per heavy atom. The molecule has 32 heavy (non-hydrogen) atoms. The van der Waals surface area contributed by atoms with E-state index in [2.05, 4.69) is 21.9 Å². The van der Waals surface area contributed by atoms with Crippen molar-refractivity contribution in [1.82, 2.24) is 19.2 Å². The molecule has 0 N–H and O–H groups in total. The molecule has 1 aliphatic rings. The van der Waals surface area contributed by atoms with E-state index in [0.717, 1.165) is 44.2 Å². The van der Waals surface area contributed by atoms with Crippen LogP contribution in [0.25, 0.3) is 0 Å². The normalized spacial score (nSPS) is 14.9. The van der Waals surface area contributed by atoms with Crippen molar-refractivity contribution < 1.29 is 9.47 Å². The summed E-state index contributed by atoms with van der Waals surface area (Å²) in [6.07, 6.45) is 1.08. The molecule has 9 heteroatoms. The van der Waals surface area contributed by atoms with E-state index in [1.807, 2.05) is 52.7 Å². The standard InChI is InChI=1S/C23H28ClN5O2S/c1-26-22(16-31-21-7-4-3-6-20(21)24)25-29(23(26)32)17-27-12-5-13-28(15-14-27)18-8-10-19(30-2)11-9-18/h3-4,6-11H,5,12-17H2,1-2H3. The van der Waals surface area contributed by atoms with Gasteiger partial charge in [0.15, 0.2) is 10.6 Å². The minimum absolute atomic E-state index is 0.308. The van der Waals surface area contributed by atoms with Gasteiger partial charge in [-0.3, -0.25) is 4.90 Å². The molecule has 1 saturated heterocycles. The number of hydrogen-bond donors (Lipinski definition) is 0. The molecular formula is C23H28ClN5O2S. The van der Waals surface area contributed by atoms with Crippen molar-refractivity contribution in [2.75, 3.05) is 38.2 Å². The molecule has 0 amide bonds. The molecular weight excluding hydrogens is 446 g/mol. The van der Waals surface area contributed by atoms with Gasteiger partial charge in [-0.2, -0.15) is 5.10 Å². The molecule has 0 spiro atoms. The van der Waals surface area contributed by atoms with Crippen LogP contribution in [0.15, 0.2) is 48.5 Å². The first-order chi connectivity index (χ1) is 15.5. The van der Waals surface area contributed by atoms with Crippen molar-refractivity contribution in [3.8, 4) is 11.5 Å². The Bertz CT molecular complexity index is 1100. The highest BCUT2D eigenvalue weighted by Gasteiger charge is 2.17. The molecule has 4 rings (SSSR count). The van der Waals surface area contributed by atoms with Crippen LogP contribution >= 0.6 is 23.8 Å². The summed E-state index contributed by atoms with van der Waals surface area (Å²) in [6, 6.07) is 15.7. The summed E-state index contributed by atoms with van der Waals surface area (Å²) in [5, 5.41) is 5.30. The van der Waals surface area contributed by atoms with E-state index >= 15 is 0 Å². The number of para-hydroxylation sites is 1. The van der Waals surface area contributed by atoms with Crippen molar-refractivity contribution in [3.05, 3.63) is 64.1 Å². The average molecular weight is 474 g/mol. The summed E-state index contributed by atoms with van der Waals surface area (Å²) >= 11 is 11.8. The van der Waals surface area contributed by atoms with Crippen LogP contribution in [0.1, 0.15) is 12.2 Å². The molecule has 1 aliphatic heterocycles. The number of benzene rings is 2. The molecule has 0 saturated carbocycles. The van der Waals surface area contributed by atoms with Gasteiger partial charge < -0.3 is 18.9 Å². The zero-order valence-corrected chi connectivity index (χ0v) is 20.0. The van der Waals surface area contributed by atoms with E-state index in [-0.39, 0.29) is 0 Å². The summed E-state index contributed by atoms with van der Waals surface area (Å²) < 4.78 is 15.6. The molecule has 0 radical (unpaired) electrons. The van der Waals surface area contributed by atoms with Gasteiger partial charge in [0.2, 0.25) is 0 Å². The molecule has 0 atom stereocenters. The molecule has 0 bridgehead atoms. The van der Waals surface area contributed by atoms with E-state index in [4.69, 9.17) is 38.4 Å². The van der Waals surface area contributed by atoms with Crippen LogP contribution in [0.4, 0.5) is 5.69 Å². The summed E-state index contributed by atoms with van der Waals surface area (Å²) in [4.78, 5) is 4.81. The number of aromatic nitrogens is 3. The van der Waals surface area contributed by atoms with Crippen molar-refractivity contribution in [2.24, 2.45) is 7.05 Å². The Morgan fingerprint density at radius 2 is 1.81 bits per heavy atom. The molecule has 0 unspecified atom stereocenters. The Balaban J connectivity index is 1.38. The second-order valence-electron chi connectivity index (χ2n) is 7.77. The van der Waals surface area contributed by atoms with Gasteiger partial charge in [0.1, 0.15) is 18.1 Å². The lowest BCUT2D eigenvalue weighted by atomic mass is 10.2. The van der Waals surface area contributed by atoms with Crippen LogP contribution < -0.4 is 14.4 Å². The van der Waals surface area contributed by atoms with E-state index in [1.165, 1.54) is 5.69 Å². The Kier molecular flexibility index (Phi) is 7.34. The fourth-order valence-corrected chi connectivity index (χ4v) is 4.20. The zero-order chi connectivity index (χ0) is 22.5. The molecule has 0 aliphatic carbocycles. The smallest absolute Gasteiger partial charge is 0.198 e. The maximum absolute atomic E-state index is 6.19. The molecule has 7 nitrogen and oxygen atoms in total. The first-order valence-corrected chi connectivity index (χ1v) is 11.4. The van der Waals surface area contributed by atoms with E-state index in [0.29, 0.717) is 28.8 Å². The lowest BCUT2D eigenvalue weighted by Gasteiger charge is -2.23. The predicted molar refractivity (Wildman–Crippen MR) is 129 cm³/mol. The topological polar surface area (TPSA) is 47.7 Å². The monoisotopic (exact) mass is 473 g/mol. The van der Waals surface area contributed by atoms with E-state index in [1.54, 1.807) is 7.11 Å². The van der Waals surface area contributed by atoms with Crippen LogP contribution in [0.3, 0.4) is 0 Å². The largest absolute Gasteiger partial charge is 0.497 e. The quantitative estimate of drug-likeness (QED) is 0.475. The fourth-order valence-electron chi connectivity index (χ4n) is 3.81. The minimum atomic E-state index is 0.308. The van der Waals surface area contributed by atoms with E-state index in [9.17, 15) is 0 Å². The Labute approximate surface area is 198 Å². The second kappa shape index (κ2) is 10.4. The van der Waals surface area contributed by atoms with Gasteiger partial charge in [0.05, 0.1) is 18.8 Å². The number of anilines is 1. The van der Waals surface area contributed by atoms with Crippen LogP contribution in [-0.4, -0.2) is 52.5 Å². The molecule has 2 aromatic carbocycles. The number of nitrogens with zero attached hydrogens (tertiary/aromatic N) is 5. The molecule has 3 aromatic rings. The first-order valence-electron chi connectivity index (χ1n) is 10.7. The summed E-state index contributed by atoms with van der Waals surface area (Å²) in [7, 11) is 3.61. The lowest BCUT2D eigenvalue weighted by molar-refractivity contribution is 0.217. The number of ether oxygens (including phenoxy) is 2. The molecule has 2 heterocycles. The van der Waals surface area contributed by atoms with E-state index < -0.39 is 0 Å². The van der Waals surface area contributed by atoms with Gasteiger partial charge in [0.25, 0.3) is 0 Å². The van der Waals surface area contributed by atoms with Crippen molar-refractivity contribution >= 4 is 29.5 Å². The Hall–Kier alpha value is -2.55. The minimum Gasteiger partial charge on any atom is -0.497 e. The van der Waals surface area contributed by atoms with Gasteiger partial charge in [-0.1, -0.05) is 23.7 Å². The van der Waals surface area contributed by atoms with Crippen LogP contribution in [-0.2, 0) is 20.3 Å². The highest BCUT2D eigenvalue weighted by Crippen LogP contribution is 2.24. The molecule has 170 valence electrons. The summed E-state index contributed by atoms with van der Waals surface area (Å²) in [5.74, 6) is 2.29. The number of methoxy groups -OCH3 is 1. The lowest BCUT2D eigenvalue weighted by Crippen LogP contribution is -2.32. The summed E-state index contributed by atoms with van der Waals surface area (Å²) in [6.45, 7) is 4.88. The van der Waals surface area contributed by atoms with Crippen molar-refractivity contribution in [3.63, 3.8) is 0 Å². The predicted octanol–water partition coefficient (Wildman–Crippen LogP) is 4.36. The molecule has 1 aromatic heterocycles. The number of halogens is 1. The van der Waals surface area contributed by atoms with Gasteiger partial charge in [-0.15, -0.1) is 0 Å². The molecule has 1 fully saturated rings. The third-order valence-electron chi connectivity index (χ3n) is 5.68. The van der Waals surface area contributed by atoms with Crippen LogP contribution in [0, 0.1) is 4.77 Å². The highest BCUT2D eigenvalue weighted by atomic mass is 35.5. The second-order valence-corrected chi connectivity index (χ2v) is 8.55.